The number of carboxylic acids is 1. The van der Waals surface area contributed by atoms with E-state index in [9.17, 15) is 14.4 Å². The fourth-order valence-electron chi connectivity index (χ4n) is 3.05. The van der Waals surface area contributed by atoms with E-state index < -0.39 is 5.97 Å². The number of piperidine rings is 1. The summed E-state index contributed by atoms with van der Waals surface area (Å²) in [7, 11) is 1.50. The van der Waals surface area contributed by atoms with Gasteiger partial charge in [-0.15, -0.1) is 0 Å². The van der Waals surface area contributed by atoms with E-state index >= 15 is 0 Å². The number of aliphatic carboxylic acids is 1. The summed E-state index contributed by atoms with van der Waals surface area (Å²) in [6, 6.07) is 0.0193. The molecule has 2 aliphatic rings. The van der Waals surface area contributed by atoms with Crippen LogP contribution in [-0.4, -0.2) is 77.5 Å². The summed E-state index contributed by atoms with van der Waals surface area (Å²) in [5.74, 6) is -1.49. The summed E-state index contributed by atoms with van der Waals surface area (Å²) in [5, 5.41) is 8.75. The SMILES string of the molecule is CN(CC(=O)O)C(=O)C1CCCN(C(=O)N2CCCC2)C1. The lowest BCUT2D eigenvalue weighted by Crippen LogP contribution is -2.50. The second kappa shape index (κ2) is 6.78. The normalized spacial score (nSPS) is 22.2. The molecular formula is C14H23N3O4. The number of rotatable bonds is 3. The van der Waals surface area contributed by atoms with Gasteiger partial charge in [0.1, 0.15) is 6.54 Å². The van der Waals surface area contributed by atoms with Gasteiger partial charge in [-0.25, -0.2) is 4.79 Å². The Labute approximate surface area is 124 Å². The monoisotopic (exact) mass is 297 g/mol. The molecule has 0 aliphatic carbocycles. The summed E-state index contributed by atoms with van der Waals surface area (Å²) >= 11 is 0. The Kier molecular flexibility index (Phi) is 5.03. The van der Waals surface area contributed by atoms with Crippen LogP contribution in [-0.2, 0) is 9.59 Å². The number of hydrogen-bond acceptors (Lipinski definition) is 3. The van der Waals surface area contributed by atoms with E-state index in [1.165, 1.54) is 11.9 Å². The van der Waals surface area contributed by atoms with E-state index in [-0.39, 0.29) is 24.4 Å². The fourth-order valence-corrected chi connectivity index (χ4v) is 3.05. The molecule has 2 heterocycles. The molecule has 7 heteroatoms. The number of carboxylic acid groups (broad SMARTS) is 1. The number of carbonyl (C=O) groups excluding carboxylic acids is 2. The highest BCUT2D eigenvalue weighted by atomic mass is 16.4. The molecule has 0 radical (unpaired) electrons. The van der Waals surface area contributed by atoms with Crippen LogP contribution < -0.4 is 0 Å². The van der Waals surface area contributed by atoms with Crippen molar-refractivity contribution in [3.8, 4) is 0 Å². The molecule has 1 unspecified atom stereocenters. The van der Waals surface area contributed by atoms with E-state index in [1.807, 2.05) is 4.90 Å². The van der Waals surface area contributed by atoms with Gasteiger partial charge in [0, 0.05) is 33.2 Å². The maximum Gasteiger partial charge on any atom is 0.323 e. The van der Waals surface area contributed by atoms with Crippen LogP contribution in [0, 0.1) is 5.92 Å². The van der Waals surface area contributed by atoms with E-state index in [0.717, 1.165) is 32.4 Å². The lowest BCUT2D eigenvalue weighted by molar-refractivity contribution is -0.145. The number of carbonyl (C=O) groups is 3. The largest absolute Gasteiger partial charge is 0.480 e. The molecule has 0 bridgehead atoms. The smallest absolute Gasteiger partial charge is 0.323 e. The minimum Gasteiger partial charge on any atom is -0.480 e. The van der Waals surface area contributed by atoms with Gasteiger partial charge < -0.3 is 19.8 Å². The van der Waals surface area contributed by atoms with Gasteiger partial charge >= 0.3 is 12.0 Å². The lowest BCUT2D eigenvalue weighted by atomic mass is 9.97. The van der Waals surface area contributed by atoms with Crippen LogP contribution in [0.25, 0.3) is 0 Å². The van der Waals surface area contributed by atoms with Gasteiger partial charge in [-0.2, -0.15) is 0 Å². The highest BCUT2D eigenvalue weighted by Gasteiger charge is 2.32. The molecule has 3 amide bonds. The minimum atomic E-state index is -1.02. The van der Waals surface area contributed by atoms with Gasteiger partial charge in [0.05, 0.1) is 5.92 Å². The first-order chi connectivity index (χ1) is 9.99. The van der Waals surface area contributed by atoms with Crippen molar-refractivity contribution in [1.29, 1.82) is 0 Å². The van der Waals surface area contributed by atoms with Crippen molar-refractivity contribution in [2.45, 2.75) is 25.7 Å². The summed E-state index contributed by atoms with van der Waals surface area (Å²) in [4.78, 5) is 40.1. The van der Waals surface area contributed by atoms with Crippen LogP contribution in [0.5, 0.6) is 0 Å². The van der Waals surface area contributed by atoms with E-state index in [1.54, 1.807) is 4.90 Å². The van der Waals surface area contributed by atoms with Crippen molar-refractivity contribution in [2.75, 3.05) is 39.8 Å². The average Bonchev–Trinajstić information content (AvgIpc) is 2.99. The number of urea groups is 1. The van der Waals surface area contributed by atoms with Gasteiger partial charge in [0.25, 0.3) is 0 Å². The lowest BCUT2D eigenvalue weighted by Gasteiger charge is -2.35. The van der Waals surface area contributed by atoms with Crippen LogP contribution in [0.1, 0.15) is 25.7 Å². The molecule has 2 fully saturated rings. The maximum atomic E-state index is 12.3. The predicted molar refractivity (Wildman–Crippen MR) is 75.8 cm³/mol. The van der Waals surface area contributed by atoms with Crippen molar-refractivity contribution in [3.05, 3.63) is 0 Å². The van der Waals surface area contributed by atoms with Gasteiger partial charge in [0.2, 0.25) is 5.91 Å². The summed E-state index contributed by atoms with van der Waals surface area (Å²) in [6.45, 7) is 2.38. The Bertz CT molecular complexity index is 420. The first-order valence-electron chi connectivity index (χ1n) is 7.49. The van der Waals surface area contributed by atoms with Gasteiger partial charge in [0.15, 0.2) is 0 Å². The van der Waals surface area contributed by atoms with Crippen LogP contribution in [0.3, 0.4) is 0 Å². The molecule has 0 aromatic carbocycles. The molecule has 7 nitrogen and oxygen atoms in total. The van der Waals surface area contributed by atoms with Crippen LogP contribution in [0.2, 0.25) is 0 Å². The Balaban J connectivity index is 1.92. The zero-order chi connectivity index (χ0) is 15.4. The predicted octanol–water partition coefficient (Wildman–Crippen LogP) is 0.457. The third kappa shape index (κ3) is 3.86. The zero-order valence-electron chi connectivity index (χ0n) is 12.5. The molecule has 2 rings (SSSR count). The molecule has 2 aliphatic heterocycles. The molecule has 118 valence electrons. The standard InChI is InChI=1S/C14H23N3O4/c1-15(10-12(18)19)13(20)11-5-4-8-17(9-11)14(21)16-6-2-3-7-16/h11H,2-10H2,1H3,(H,18,19). The van der Waals surface area contributed by atoms with Crippen molar-refractivity contribution in [3.63, 3.8) is 0 Å². The van der Waals surface area contributed by atoms with Gasteiger partial charge in [-0.05, 0) is 25.7 Å². The fraction of sp³-hybridized carbons (Fsp3) is 0.786. The highest BCUT2D eigenvalue weighted by Crippen LogP contribution is 2.21. The average molecular weight is 297 g/mol. The number of hydrogen-bond donors (Lipinski definition) is 1. The van der Waals surface area contributed by atoms with E-state index in [4.69, 9.17) is 5.11 Å². The zero-order valence-corrected chi connectivity index (χ0v) is 12.5. The first-order valence-corrected chi connectivity index (χ1v) is 7.49. The third-order valence-electron chi connectivity index (χ3n) is 4.17. The first kappa shape index (κ1) is 15.6. The van der Waals surface area contributed by atoms with Crippen molar-refractivity contribution >= 4 is 17.9 Å². The summed E-state index contributed by atoms with van der Waals surface area (Å²) in [6.07, 6.45) is 3.59. The minimum absolute atomic E-state index is 0.0193. The van der Waals surface area contributed by atoms with Crippen molar-refractivity contribution in [2.24, 2.45) is 5.92 Å². The molecule has 1 atom stereocenters. The Morgan fingerprint density at radius 3 is 2.33 bits per heavy atom. The summed E-state index contributed by atoms with van der Waals surface area (Å²) in [5.41, 5.74) is 0. The van der Waals surface area contributed by atoms with Crippen LogP contribution in [0.4, 0.5) is 4.79 Å². The number of nitrogens with zero attached hydrogens (tertiary/aromatic N) is 3. The van der Waals surface area contributed by atoms with Gasteiger partial charge in [-0.1, -0.05) is 0 Å². The Hall–Kier alpha value is -1.79. The molecule has 2 saturated heterocycles. The van der Waals surface area contributed by atoms with Crippen molar-refractivity contribution in [1.82, 2.24) is 14.7 Å². The molecule has 0 spiro atoms. The molecule has 1 N–H and O–H groups in total. The second-order valence-electron chi connectivity index (χ2n) is 5.85. The van der Waals surface area contributed by atoms with Crippen LogP contribution in [0.15, 0.2) is 0 Å². The second-order valence-corrected chi connectivity index (χ2v) is 5.85. The van der Waals surface area contributed by atoms with E-state index in [0.29, 0.717) is 19.5 Å². The maximum absolute atomic E-state index is 12.3. The number of likely N-dealkylation sites (tertiary alicyclic amines) is 2. The molecule has 0 aromatic heterocycles. The Morgan fingerprint density at radius 1 is 1.10 bits per heavy atom. The molecular weight excluding hydrogens is 274 g/mol. The quantitative estimate of drug-likeness (QED) is 0.820. The molecule has 21 heavy (non-hydrogen) atoms. The topological polar surface area (TPSA) is 81.2 Å². The number of amides is 3. The highest BCUT2D eigenvalue weighted by molar-refractivity contribution is 5.84. The third-order valence-corrected chi connectivity index (χ3v) is 4.17. The van der Waals surface area contributed by atoms with Gasteiger partial charge in [-0.3, -0.25) is 9.59 Å². The van der Waals surface area contributed by atoms with Crippen molar-refractivity contribution < 1.29 is 19.5 Å². The Morgan fingerprint density at radius 2 is 1.71 bits per heavy atom. The summed E-state index contributed by atoms with van der Waals surface area (Å²) < 4.78 is 0. The van der Waals surface area contributed by atoms with E-state index in [2.05, 4.69) is 0 Å². The molecule has 0 saturated carbocycles. The van der Waals surface area contributed by atoms with Crippen LogP contribution >= 0.6 is 0 Å². The number of likely N-dealkylation sites (N-methyl/N-ethyl adjacent to an activating group) is 1. The molecule has 0 aromatic rings.